The fourth-order valence-electron chi connectivity index (χ4n) is 1.52. The Morgan fingerprint density at radius 1 is 1.37 bits per heavy atom. The third kappa shape index (κ3) is 5.75. The second-order valence-electron chi connectivity index (χ2n) is 5.15. The van der Waals surface area contributed by atoms with Crippen molar-refractivity contribution in [1.82, 2.24) is 5.32 Å². The summed E-state index contributed by atoms with van der Waals surface area (Å²) in [5, 5.41) is 3.28. The van der Waals surface area contributed by atoms with Gasteiger partial charge < -0.3 is 14.8 Å². The van der Waals surface area contributed by atoms with E-state index >= 15 is 0 Å². The molecule has 19 heavy (non-hydrogen) atoms. The minimum absolute atomic E-state index is 0.181. The topological polar surface area (TPSA) is 55.4 Å². The molecule has 1 N–H and O–H groups in total. The first-order chi connectivity index (χ1) is 8.81. The van der Waals surface area contributed by atoms with Gasteiger partial charge in [0.1, 0.15) is 11.9 Å². The lowest BCUT2D eigenvalue weighted by atomic mass is 10.0. The van der Waals surface area contributed by atoms with E-state index in [0.717, 1.165) is 11.8 Å². The summed E-state index contributed by atoms with van der Waals surface area (Å²) >= 11 is 5.80. The van der Waals surface area contributed by atoms with Crippen LogP contribution >= 0.6 is 11.6 Å². The van der Waals surface area contributed by atoms with Gasteiger partial charge in [-0.3, -0.25) is 0 Å². The van der Waals surface area contributed by atoms with Gasteiger partial charge in [0.25, 0.3) is 0 Å². The molecule has 0 fully saturated rings. The Kier molecular flexibility index (Phi) is 5.36. The quantitative estimate of drug-likeness (QED) is 0.861. The van der Waals surface area contributed by atoms with E-state index in [-0.39, 0.29) is 6.42 Å². The van der Waals surface area contributed by atoms with Gasteiger partial charge in [-0.2, -0.15) is 0 Å². The number of hydrogen-bond acceptors (Lipinski definition) is 3. The Hall–Kier alpha value is -1.55. The van der Waals surface area contributed by atoms with E-state index in [1.807, 2.05) is 0 Å². The standard InChI is InChI=1S/C14H18ClNO3/c1-14(2,3)19-13(18)16-12(8-9-17)10-4-6-11(15)7-5-10/h4-7,9,12H,8H2,1-3H3,(H,16,18)/t12-/m0/s1. The van der Waals surface area contributed by atoms with Crippen LogP contribution in [0.5, 0.6) is 0 Å². The first-order valence-corrected chi connectivity index (χ1v) is 6.38. The number of ether oxygens (including phenoxy) is 1. The van der Waals surface area contributed by atoms with Crippen LogP contribution in [0.25, 0.3) is 0 Å². The predicted octanol–water partition coefficient (Wildman–Crippen LogP) is 3.49. The number of hydrogen-bond donors (Lipinski definition) is 1. The number of halogens is 1. The van der Waals surface area contributed by atoms with Crippen LogP contribution in [-0.4, -0.2) is 18.0 Å². The molecule has 5 heteroatoms. The highest BCUT2D eigenvalue weighted by Crippen LogP contribution is 2.19. The average Bonchev–Trinajstić information content (AvgIpc) is 2.27. The molecule has 0 aliphatic heterocycles. The van der Waals surface area contributed by atoms with Gasteiger partial charge >= 0.3 is 6.09 Å². The summed E-state index contributed by atoms with van der Waals surface area (Å²) < 4.78 is 5.17. The van der Waals surface area contributed by atoms with Gasteiger partial charge in [-0.15, -0.1) is 0 Å². The van der Waals surface area contributed by atoms with E-state index in [4.69, 9.17) is 16.3 Å². The molecule has 0 spiro atoms. The third-order valence-corrected chi connectivity index (χ3v) is 2.55. The predicted molar refractivity (Wildman–Crippen MR) is 74.2 cm³/mol. The second-order valence-corrected chi connectivity index (χ2v) is 5.59. The number of carbonyl (C=O) groups excluding carboxylic acids is 2. The summed E-state index contributed by atoms with van der Waals surface area (Å²) in [7, 11) is 0. The van der Waals surface area contributed by atoms with Crippen molar-refractivity contribution >= 4 is 24.0 Å². The third-order valence-electron chi connectivity index (χ3n) is 2.30. The molecular formula is C14H18ClNO3. The van der Waals surface area contributed by atoms with Crippen LogP contribution in [0.1, 0.15) is 38.8 Å². The molecule has 1 aromatic rings. The molecule has 0 bridgehead atoms. The highest BCUT2D eigenvalue weighted by atomic mass is 35.5. The molecule has 1 atom stereocenters. The molecule has 1 rings (SSSR count). The maximum absolute atomic E-state index is 11.7. The largest absolute Gasteiger partial charge is 0.444 e. The van der Waals surface area contributed by atoms with E-state index in [2.05, 4.69) is 5.32 Å². The number of alkyl carbamates (subject to hydrolysis) is 1. The molecule has 1 aromatic carbocycles. The first kappa shape index (κ1) is 15.5. The molecule has 0 heterocycles. The van der Waals surface area contributed by atoms with E-state index < -0.39 is 17.7 Å². The summed E-state index contributed by atoms with van der Waals surface area (Å²) in [6.45, 7) is 5.34. The van der Waals surface area contributed by atoms with Crippen molar-refractivity contribution < 1.29 is 14.3 Å². The molecule has 0 aliphatic carbocycles. The zero-order valence-corrected chi connectivity index (χ0v) is 12.0. The van der Waals surface area contributed by atoms with Crippen molar-refractivity contribution in [2.75, 3.05) is 0 Å². The molecule has 0 saturated carbocycles. The lowest BCUT2D eigenvalue weighted by Gasteiger charge is -2.23. The Balaban J connectivity index is 2.75. The van der Waals surface area contributed by atoms with Crippen molar-refractivity contribution in [3.8, 4) is 0 Å². The molecule has 0 radical (unpaired) electrons. The highest BCUT2D eigenvalue weighted by molar-refractivity contribution is 6.30. The van der Waals surface area contributed by atoms with Gasteiger partial charge in [0.15, 0.2) is 0 Å². The monoisotopic (exact) mass is 283 g/mol. The van der Waals surface area contributed by atoms with Crippen molar-refractivity contribution in [2.45, 2.75) is 38.8 Å². The van der Waals surface area contributed by atoms with Crippen molar-refractivity contribution in [1.29, 1.82) is 0 Å². The molecule has 0 unspecified atom stereocenters. The zero-order chi connectivity index (χ0) is 14.5. The summed E-state index contributed by atoms with van der Waals surface area (Å²) in [6, 6.07) is 6.56. The van der Waals surface area contributed by atoms with Crippen LogP contribution in [0.3, 0.4) is 0 Å². The molecule has 0 aliphatic rings. The number of benzene rings is 1. The molecule has 0 saturated heterocycles. The lowest BCUT2D eigenvalue weighted by molar-refractivity contribution is -0.108. The lowest BCUT2D eigenvalue weighted by Crippen LogP contribution is -2.35. The number of aldehydes is 1. The number of amides is 1. The van der Waals surface area contributed by atoms with Crippen molar-refractivity contribution in [3.05, 3.63) is 34.9 Å². The number of nitrogens with one attached hydrogen (secondary N) is 1. The second kappa shape index (κ2) is 6.57. The molecule has 0 aromatic heterocycles. The molecule has 4 nitrogen and oxygen atoms in total. The van der Waals surface area contributed by atoms with Gasteiger partial charge in [0.2, 0.25) is 0 Å². The Bertz CT molecular complexity index is 437. The van der Waals surface area contributed by atoms with Crippen LogP contribution in [0.4, 0.5) is 4.79 Å². The molecule has 104 valence electrons. The van der Waals surface area contributed by atoms with E-state index in [1.165, 1.54) is 0 Å². The Morgan fingerprint density at radius 3 is 2.42 bits per heavy atom. The van der Waals surface area contributed by atoms with Gasteiger partial charge in [-0.25, -0.2) is 4.79 Å². The van der Waals surface area contributed by atoms with Crippen LogP contribution in [0.15, 0.2) is 24.3 Å². The first-order valence-electron chi connectivity index (χ1n) is 6.00. The van der Waals surface area contributed by atoms with Gasteiger partial charge in [0, 0.05) is 11.4 Å². The molecule has 1 amide bonds. The van der Waals surface area contributed by atoms with Crippen LogP contribution in [0.2, 0.25) is 5.02 Å². The summed E-state index contributed by atoms with van der Waals surface area (Å²) in [5.74, 6) is 0. The smallest absolute Gasteiger partial charge is 0.408 e. The Morgan fingerprint density at radius 2 is 1.95 bits per heavy atom. The minimum atomic E-state index is -0.574. The highest BCUT2D eigenvalue weighted by Gasteiger charge is 2.20. The van der Waals surface area contributed by atoms with Crippen molar-refractivity contribution in [2.24, 2.45) is 0 Å². The number of rotatable bonds is 4. The van der Waals surface area contributed by atoms with Crippen LogP contribution in [-0.2, 0) is 9.53 Å². The maximum Gasteiger partial charge on any atom is 0.408 e. The zero-order valence-electron chi connectivity index (χ0n) is 11.3. The van der Waals surface area contributed by atoms with Gasteiger partial charge in [-0.05, 0) is 38.5 Å². The molecular weight excluding hydrogens is 266 g/mol. The van der Waals surface area contributed by atoms with Crippen LogP contribution in [0, 0.1) is 0 Å². The SMILES string of the molecule is CC(C)(C)OC(=O)N[C@@H](CC=O)c1ccc(Cl)cc1. The van der Waals surface area contributed by atoms with Crippen molar-refractivity contribution in [3.63, 3.8) is 0 Å². The van der Waals surface area contributed by atoms with Gasteiger partial charge in [-0.1, -0.05) is 23.7 Å². The minimum Gasteiger partial charge on any atom is -0.444 e. The van der Waals surface area contributed by atoms with Gasteiger partial charge in [0.05, 0.1) is 6.04 Å². The average molecular weight is 284 g/mol. The summed E-state index contributed by atoms with van der Waals surface area (Å²) in [4.78, 5) is 22.4. The number of carbonyl (C=O) groups is 2. The van der Waals surface area contributed by atoms with E-state index in [0.29, 0.717) is 5.02 Å². The van der Waals surface area contributed by atoms with E-state index in [1.54, 1.807) is 45.0 Å². The fraction of sp³-hybridized carbons (Fsp3) is 0.429. The Labute approximate surface area is 118 Å². The van der Waals surface area contributed by atoms with Crippen LogP contribution < -0.4 is 5.32 Å². The van der Waals surface area contributed by atoms with E-state index in [9.17, 15) is 9.59 Å². The normalized spacial score (nSPS) is 12.6. The fourth-order valence-corrected chi connectivity index (χ4v) is 1.65. The summed E-state index contributed by atoms with van der Waals surface area (Å²) in [5.41, 5.74) is 0.234. The maximum atomic E-state index is 11.7. The summed E-state index contributed by atoms with van der Waals surface area (Å²) in [6.07, 6.45) is 0.395.